The lowest BCUT2D eigenvalue weighted by atomic mass is 10.2. The highest BCUT2D eigenvalue weighted by Gasteiger charge is 2.01. The molecule has 0 saturated heterocycles. The standard InChI is InChI=1S/C14H18BrN3O/c1-11-12(10-18(2)17-11)9-16-6-7-19-14-5-3-4-13(15)8-14/h3-5,8,10,16H,6-7,9H2,1-2H3. The van der Waals surface area contributed by atoms with Crippen LogP contribution in [-0.2, 0) is 13.6 Å². The summed E-state index contributed by atoms with van der Waals surface area (Å²) in [4.78, 5) is 0. The van der Waals surface area contributed by atoms with Crippen molar-refractivity contribution in [2.45, 2.75) is 13.5 Å². The molecule has 1 aromatic heterocycles. The van der Waals surface area contributed by atoms with Gasteiger partial charge in [-0.25, -0.2) is 0 Å². The largest absolute Gasteiger partial charge is 0.492 e. The van der Waals surface area contributed by atoms with Crippen LogP contribution in [0.4, 0.5) is 0 Å². The Morgan fingerprint density at radius 3 is 2.95 bits per heavy atom. The smallest absolute Gasteiger partial charge is 0.120 e. The fourth-order valence-corrected chi connectivity index (χ4v) is 2.22. The highest BCUT2D eigenvalue weighted by atomic mass is 79.9. The highest BCUT2D eigenvalue weighted by Crippen LogP contribution is 2.17. The van der Waals surface area contributed by atoms with Gasteiger partial charge in [-0.15, -0.1) is 0 Å². The predicted octanol–water partition coefficient (Wildman–Crippen LogP) is 2.66. The number of aromatic nitrogens is 2. The number of nitrogens with zero attached hydrogens (tertiary/aromatic N) is 2. The molecule has 0 atom stereocenters. The molecule has 0 fully saturated rings. The van der Waals surface area contributed by atoms with Crippen LogP contribution in [0.25, 0.3) is 0 Å². The molecule has 1 N–H and O–H groups in total. The lowest BCUT2D eigenvalue weighted by Crippen LogP contribution is -2.20. The van der Waals surface area contributed by atoms with E-state index in [4.69, 9.17) is 4.74 Å². The maximum absolute atomic E-state index is 5.65. The van der Waals surface area contributed by atoms with E-state index < -0.39 is 0 Å². The molecule has 0 saturated carbocycles. The summed E-state index contributed by atoms with van der Waals surface area (Å²) in [5.74, 6) is 0.883. The third-order valence-corrected chi connectivity index (χ3v) is 3.27. The lowest BCUT2D eigenvalue weighted by Gasteiger charge is -2.07. The minimum Gasteiger partial charge on any atom is -0.492 e. The number of nitrogens with one attached hydrogen (secondary N) is 1. The molecule has 0 aliphatic rings. The van der Waals surface area contributed by atoms with Gasteiger partial charge in [0.2, 0.25) is 0 Å². The van der Waals surface area contributed by atoms with Crippen molar-refractivity contribution in [1.29, 1.82) is 0 Å². The van der Waals surface area contributed by atoms with Crippen molar-refractivity contribution in [3.05, 3.63) is 46.2 Å². The number of halogens is 1. The fourth-order valence-electron chi connectivity index (χ4n) is 1.84. The highest BCUT2D eigenvalue weighted by molar-refractivity contribution is 9.10. The molecule has 19 heavy (non-hydrogen) atoms. The van der Waals surface area contributed by atoms with Gasteiger partial charge in [0, 0.05) is 36.4 Å². The van der Waals surface area contributed by atoms with Crippen LogP contribution < -0.4 is 10.1 Å². The van der Waals surface area contributed by atoms with Gasteiger partial charge in [-0.3, -0.25) is 4.68 Å². The normalized spacial score (nSPS) is 10.7. The molecule has 4 nitrogen and oxygen atoms in total. The summed E-state index contributed by atoms with van der Waals surface area (Å²) in [5, 5.41) is 7.66. The number of hydrogen-bond acceptors (Lipinski definition) is 3. The molecule has 2 aromatic rings. The number of rotatable bonds is 6. The molecule has 0 amide bonds. The first-order chi connectivity index (χ1) is 9.15. The minimum absolute atomic E-state index is 0.649. The zero-order valence-corrected chi connectivity index (χ0v) is 12.8. The molecule has 0 spiro atoms. The van der Waals surface area contributed by atoms with E-state index in [0.717, 1.165) is 29.0 Å². The third-order valence-electron chi connectivity index (χ3n) is 2.77. The van der Waals surface area contributed by atoms with Gasteiger partial charge >= 0.3 is 0 Å². The van der Waals surface area contributed by atoms with Gasteiger partial charge in [-0.1, -0.05) is 22.0 Å². The number of aryl methyl sites for hydroxylation is 2. The Labute approximate surface area is 121 Å². The second-order valence-corrected chi connectivity index (χ2v) is 5.31. The summed E-state index contributed by atoms with van der Waals surface area (Å²) in [6.45, 7) is 4.30. The first-order valence-corrected chi connectivity index (χ1v) is 7.02. The van der Waals surface area contributed by atoms with Gasteiger partial charge in [-0.2, -0.15) is 5.10 Å². The van der Waals surface area contributed by atoms with E-state index in [-0.39, 0.29) is 0 Å². The maximum Gasteiger partial charge on any atom is 0.120 e. The number of ether oxygens (including phenoxy) is 1. The Morgan fingerprint density at radius 1 is 1.42 bits per heavy atom. The Kier molecular flexibility index (Phi) is 4.99. The minimum atomic E-state index is 0.649. The molecular formula is C14H18BrN3O. The van der Waals surface area contributed by atoms with Crippen LogP contribution in [0.15, 0.2) is 34.9 Å². The topological polar surface area (TPSA) is 39.1 Å². The average molecular weight is 324 g/mol. The zero-order chi connectivity index (χ0) is 13.7. The van der Waals surface area contributed by atoms with E-state index in [1.165, 1.54) is 5.56 Å². The summed E-state index contributed by atoms with van der Waals surface area (Å²) < 4.78 is 8.52. The molecule has 1 heterocycles. The molecule has 2 rings (SSSR count). The van der Waals surface area contributed by atoms with E-state index in [1.54, 1.807) is 0 Å². The van der Waals surface area contributed by atoms with Crippen molar-refractivity contribution in [1.82, 2.24) is 15.1 Å². The Bertz CT molecular complexity index is 539. The molecule has 0 bridgehead atoms. The van der Waals surface area contributed by atoms with Gasteiger partial charge in [0.25, 0.3) is 0 Å². The first-order valence-electron chi connectivity index (χ1n) is 6.23. The molecule has 0 radical (unpaired) electrons. The Morgan fingerprint density at radius 2 is 2.26 bits per heavy atom. The van der Waals surface area contributed by atoms with Crippen molar-refractivity contribution >= 4 is 15.9 Å². The molecule has 0 aliphatic carbocycles. The van der Waals surface area contributed by atoms with Crippen molar-refractivity contribution in [3.63, 3.8) is 0 Å². The predicted molar refractivity (Wildman–Crippen MR) is 79.3 cm³/mol. The summed E-state index contributed by atoms with van der Waals surface area (Å²) >= 11 is 3.42. The van der Waals surface area contributed by atoms with Crippen LogP contribution in [0.2, 0.25) is 0 Å². The van der Waals surface area contributed by atoms with Gasteiger partial charge in [-0.05, 0) is 25.1 Å². The first kappa shape index (κ1) is 14.1. The molecule has 1 aromatic carbocycles. The number of benzene rings is 1. The van der Waals surface area contributed by atoms with E-state index in [0.29, 0.717) is 6.61 Å². The van der Waals surface area contributed by atoms with Gasteiger partial charge in [0.15, 0.2) is 0 Å². The van der Waals surface area contributed by atoms with E-state index in [1.807, 2.05) is 49.1 Å². The Balaban J connectivity index is 1.69. The quantitative estimate of drug-likeness (QED) is 0.831. The van der Waals surface area contributed by atoms with Crippen LogP contribution in [0.3, 0.4) is 0 Å². The van der Waals surface area contributed by atoms with Crippen molar-refractivity contribution in [2.75, 3.05) is 13.2 Å². The monoisotopic (exact) mass is 323 g/mol. The van der Waals surface area contributed by atoms with Gasteiger partial charge < -0.3 is 10.1 Å². The second kappa shape index (κ2) is 6.73. The molecule has 0 aliphatic heterocycles. The van der Waals surface area contributed by atoms with E-state index in [9.17, 15) is 0 Å². The molecular weight excluding hydrogens is 306 g/mol. The maximum atomic E-state index is 5.65. The average Bonchev–Trinajstić information content (AvgIpc) is 2.68. The summed E-state index contributed by atoms with van der Waals surface area (Å²) in [5.41, 5.74) is 2.30. The summed E-state index contributed by atoms with van der Waals surface area (Å²) in [6, 6.07) is 7.86. The SMILES string of the molecule is Cc1nn(C)cc1CNCCOc1cccc(Br)c1. The van der Waals surface area contributed by atoms with Crippen LogP contribution in [0.1, 0.15) is 11.3 Å². The number of hydrogen-bond donors (Lipinski definition) is 1. The van der Waals surface area contributed by atoms with Crippen molar-refractivity contribution in [2.24, 2.45) is 7.05 Å². The van der Waals surface area contributed by atoms with Crippen LogP contribution in [0.5, 0.6) is 5.75 Å². The van der Waals surface area contributed by atoms with Gasteiger partial charge in [0.1, 0.15) is 12.4 Å². The van der Waals surface area contributed by atoms with Crippen LogP contribution in [0, 0.1) is 6.92 Å². The van der Waals surface area contributed by atoms with Crippen molar-refractivity contribution in [3.8, 4) is 5.75 Å². The van der Waals surface area contributed by atoms with Crippen LogP contribution in [-0.4, -0.2) is 22.9 Å². The van der Waals surface area contributed by atoms with E-state index >= 15 is 0 Å². The molecule has 0 unspecified atom stereocenters. The molecule has 5 heteroatoms. The Hall–Kier alpha value is -1.33. The zero-order valence-electron chi connectivity index (χ0n) is 11.2. The lowest BCUT2D eigenvalue weighted by molar-refractivity contribution is 0.313. The third kappa shape index (κ3) is 4.36. The summed E-state index contributed by atoms with van der Waals surface area (Å²) in [6.07, 6.45) is 2.04. The summed E-state index contributed by atoms with van der Waals surface area (Å²) in [7, 11) is 1.94. The van der Waals surface area contributed by atoms with Crippen molar-refractivity contribution < 1.29 is 4.74 Å². The van der Waals surface area contributed by atoms with Gasteiger partial charge in [0.05, 0.1) is 5.69 Å². The second-order valence-electron chi connectivity index (χ2n) is 4.40. The van der Waals surface area contributed by atoms with Crippen LogP contribution >= 0.6 is 15.9 Å². The van der Waals surface area contributed by atoms with E-state index in [2.05, 4.69) is 26.3 Å². The molecule has 102 valence electrons. The fraction of sp³-hybridized carbons (Fsp3) is 0.357.